The summed E-state index contributed by atoms with van der Waals surface area (Å²) in [6.45, 7) is 3.55. The van der Waals surface area contributed by atoms with Crippen molar-refractivity contribution < 1.29 is 9.47 Å². The molecule has 2 aromatic carbocycles. The molecule has 0 unspecified atom stereocenters. The first-order valence-corrected chi connectivity index (χ1v) is 13.0. The number of benzene rings is 2. The van der Waals surface area contributed by atoms with Gasteiger partial charge in [0.15, 0.2) is 0 Å². The number of anilines is 3. The van der Waals surface area contributed by atoms with Gasteiger partial charge in [0, 0.05) is 44.5 Å². The minimum Gasteiger partial charge on any atom is -0.497 e. The zero-order valence-electron chi connectivity index (χ0n) is 21.3. The van der Waals surface area contributed by atoms with E-state index in [1.807, 2.05) is 48.7 Å². The average molecular weight is 543 g/mol. The van der Waals surface area contributed by atoms with Crippen molar-refractivity contribution in [3.63, 3.8) is 0 Å². The summed E-state index contributed by atoms with van der Waals surface area (Å²) in [4.78, 5) is 26.4. The number of aromatic nitrogens is 5. The SMILES string of the molecule is COc1ccc(Oc2cc(NCc3nc4ccccc4[nH]3)nc(N3CCN(c4ccccn4)CC3)n2)c(Cl)c1. The summed E-state index contributed by atoms with van der Waals surface area (Å²) in [6, 6.07) is 20.9. The van der Waals surface area contributed by atoms with Crippen LogP contribution in [0.25, 0.3) is 11.0 Å². The van der Waals surface area contributed by atoms with Crippen LogP contribution in [0.5, 0.6) is 17.4 Å². The van der Waals surface area contributed by atoms with Gasteiger partial charge in [-0.05, 0) is 36.4 Å². The summed E-state index contributed by atoms with van der Waals surface area (Å²) in [5.41, 5.74) is 1.91. The molecule has 1 aliphatic rings. The Balaban J connectivity index is 1.24. The molecule has 0 bridgehead atoms. The molecule has 1 aliphatic heterocycles. The smallest absolute Gasteiger partial charge is 0.230 e. The molecule has 6 rings (SSSR count). The van der Waals surface area contributed by atoms with E-state index in [4.69, 9.17) is 31.0 Å². The van der Waals surface area contributed by atoms with Gasteiger partial charge in [-0.1, -0.05) is 29.8 Å². The van der Waals surface area contributed by atoms with Crippen molar-refractivity contribution in [2.75, 3.05) is 48.4 Å². The van der Waals surface area contributed by atoms with Gasteiger partial charge in [0.25, 0.3) is 0 Å². The molecule has 11 heteroatoms. The van der Waals surface area contributed by atoms with E-state index in [-0.39, 0.29) is 0 Å². The van der Waals surface area contributed by atoms with Crippen molar-refractivity contribution in [3.8, 4) is 17.4 Å². The third-order valence-electron chi connectivity index (χ3n) is 6.46. The van der Waals surface area contributed by atoms with Crippen molar-refractivity contribution in [1.82, 2.24) is 24.9 Å². The number of para-hydroxylation sites is 2. The maximum absolute atomic E-state index is 6.44. The molecule has 4 heterocycles. The molecule has 0 amide bonds. The topological polar surface area (TPSA) is 104 Å². The van der Waals surface area contributed by atoms with Crippen molar-refractivity contribution in [2.45, 2.75) is 6.54 Å². The summed E-state index contributed by atoms with van der Waals surface area (Å²) in [6.07, 6.45) is 1.82. The van der Waals surface area contributed by atoms with Crippen LogP contribution in [0.3, 0.4) is 0 Å². The molecule has 3 aromatic heterocycles. The Kier molecular flexibility index (Phi) is 7.01. The molecule has 2 N–H and O–H groups in total. The lowest BCUT2D eigenvalue weighted by Crippen LogP contribution is -2.47. The normalized spacial score (nSPS) is 13.5. The predicted octanol–water partition coefficient (Wildman–Crippen LogP) is 5.14. The monoisotopic (exact) mass is 542 g/mol. The highest BCUT2D eigenvalue weighted by atomic mass is 35.5. The molecule has 10 nitrogen and oxygen atoms in total. The quantitative estimate of drug-likeness (QED) is 0.276. The van der Waals surface area contributed by atoms with E-state index >= 15 is 0 Å². The predicted molar refractivity (Wildman–Crippen MR) is 152 cm³/mol. The van der Waals surface area contributed by atoms with Crippen LogP contribution in [0.1, 0.15) is 5.82 Å². The van der Waals surface area contributed by atoms with Gasteiger partial charge in [-0.2, -0.15) is 9.97 Å². The summed E-state index contributed by atoms with van der Waals surface area (Å²) in [7, 11) is 1.59. The van der Waals surface area contributed by atoms with Gasteiger partial charge >= 0.3 is 0 Å². The Morgan fingerprint density at radius 2 is 1.74 bits per heavy atom. The van der Waals surface area contributed by atoms with E-state index in [9.17, 15) is 0 Å². The third kappa shape index (κ3) is 5.65. The van der Waals surface area contributed by atoms with Crippen molar-refractivity contribution in [3.05, 3.63) is 83.8 Å². The Hall–Kier alpha value is -4.57. The largest absolute Gasteiger partial charge is 0.497 e. The van der Waals surface area contributed by atoms with E-state index in [1.165, 1.54) is 0 Å². The standard InChI is InChI=1S/C28H27ClN8O2/c1-38-19-9-10-23(20(29)16-19)39-27-17-24(31-18-25-32-21-6-2-3-7-22(21)33-25)34-28(35-27)37-14-12-36(13-15-37)26-8-4-5-11-30-26/h2-11,16-17H,12-15,18H2,1H3,(H,32,33)(H,31,34,35). The summed E-state index contributed by atoms with van der Waals surface area (Å²) in [5, 5.41) is 3.80. The summed E-state index contributed by atoms with van der Waals surface area (Å²) in [5.74, 6) is 4.47. The lowest BCUT2D eigenvalue weighted by molar-refractivity contribution is 0.412. The molecular formula is C28H27ClN8O2. The third-order valence-corrected chi connectivity index (χ3v) is 6.75. The highest BCUT2D eigenvalue weighted by Crippen LogP contribution is 2.33. The lowest BCUT2D eigenvalue weighted by atomic mass is 10.3. The highest BCUT2D eigenvalue weighted by Gasteiger charge is 2.21. The fraction of sp³-hybridized carbons (Fsp3) is 0.214. The first-order valence-electron chi connectivity index (χ1n) is 12.6. The number of rotatable bonds is 8. The molecule has 1 fully saturated rings. The Morgan fingerprint density at radius 3 is 2.51 bits per heavy atom. The molecule has 0 saturated carbocycles. The van der Waals surface area contributed by atoms with Crippen molar-refractivity contribution >= 4 is 40.2 Å². The van der Waals surface area contributed by atoms with E-state index in [0.717, 1.165) is 48.9 Å². The zero-order valence-corrected chi connectivity index (χ0v) is 22.1. The van der Waals surface area contributed by atoms with E-state index in [2.05, 4.69) is 30.1 Å². The zero-order chi connectivity index (χ0) is 26.6. The van der Waals surface area contributed by atoms with E-state index < -0.39 is 0 Å². The number of hydrogen-bond donors (Lipinski definition) is 2. The van der Waals surface area contributed by atoms with Crippen LogP contribution in [0.4, 0.5) is 17.6 Å². The first-order chi connectivity index (χ1) is 19.1. The first kappa shape index (κ1) is 24.7. The number of H-pyrrole nitrogens is 1. The number of hydrogen-bond acceptors (Lipinski definition) is 9. The second kappa shape index (κ2) is 11.0. The van der Waals surface area contributed by atoms with E-state index in [0.29, 0.717) is 40.7 Å². The van der Waals surface area contributed by atoms with Crippen LogP contribution in [0.2, 0.25) is 5.02 Å². The summed E-state index contributed by atoms with van der Waals surface area (Å²) >= 11 is 6.44. The second-order valence-corrected chi connectivity index (χ2v) is 9.41. The lowest BCUT2D eigenvalue weighted by Gasteiger charge is -2.35. The molecule has 5 aromatic rings. The molecule has 0 spiro atoms. The molecule has 0 atom stereocenters. The van der Waals surface area contributed by atoms with E-state index in [1.54, 1.807) is 31.4 Å². The van der Waals surface area contributed by atoms with Gasteiger partial charge in [-0.15, -0.1) is 0 Å². The minimum atomic E-state index is 0.381. The number of imidazole rings is 1. The molecule has 198 valence electrons. The Bertz CT molecular complexity index is 1540. The number of methoxy groups -OCH3 is 1. The maximum Gasteiger partial charge on any atom is 0.230 e. The van der Waals surface area contributed by atoms with Crippen molar-refractivity contribution in [1.29, 1.82) is 0 Å². The van der Waals surface area contributed by atoms with Gasteiger partial charge in [0.2, 0.25) is 11.8 Å². The van der Waals surface area contributed by atoms with Gasteiger partial charge in [-0.25, -0.2) is 9.97 Å². The minimum absolute atomic E-state index is 0.381. The molecular weight excluding hydrogens is 516 g/mol. The Morgan fingerprint density at radius 1 is 0.923 bits per heavy atom. The second-order valence-electron chi connectivity index (χ2n) is 9.01. The van der Waals surface area contributed by atoms with Crippen LogP contribution >= 0.6 is 11.6 Å². The number of piperazine rings is 1. The van der Waals surface area contributed by atoms with Gasteiger partial charge < -0.3 is 29.6 Å². The molecule has 0 radical (unpaired) electrons. The van der Waals surface area contributed by atoms with Crippen molar-refractivity contribution in [2.24, 2.45) is 0 Å². The fourth-order valence-corrected chi connectivity index (χ4v) is 4.65. The summed E-state index contributed by atoms with van der Waals surface area (Å²) < 4.78 is 11.4. The maximum atomic E-state index is 6.44. The fourth-order valence-electron chi connectivity index (χ4n) is 4.44. The number of pyridine rings is 1. The van der Waals surface area contributed by atoms with Gasteiger partial charge in [-0.3, -0.25) is 0 Å². The van der Waals surface area contributed by atoms with Gasteiger partial charge in [0.05, 0.1) is 29.7 Å². The molecule has 1 saturated heterocycles. The number of ether oxygens (including phenoxy) is 2. The van der Waals surface area contributed by atoms with Gasteiger partial charge in [0.1, 0.15) is 29.0 Å². The van der Waals surface area contributed by atoms with Crippen LogP contribution in [-0.2, 0) is 6.54 Å². The number of nitrogens with zero attached hydrogens (tertiary/aromatic N) is 6. The average Bonchev–Trinajstić information content (AvgIpc) is 3.41. The van der Waals surface area contributed by atoms with Crippen LogP contribution in [-0.4, -0.2) is 58.2 Å². The van der Waals surface area contributed by atoms with Crippen LogP contribution < -0.4 is 24.6 Å². The number of nitrogens with one attached hydrogen (secondary N) is 2. The number of fused-ring (bicyclic) bond motifs is 1. The Labute approximate surface area is 230 Å². The number of aromatic amines is 1. The highest BCUT2D eigenvalue weighted by molar-refractivity contribution is 6.32. The van der Waals surface area contributed by atoms with Crippen LogP contribution in [0, 0.1) is 0 Å². The van der Waals surface area contributed by atoms with Crippen LogP contribution in [0.15, 0.2) is 72.9 Å². The molecule has 39 heavy (non-hydrogen) atoms. The number of halogens is 1. The molecule has 0 aliphatic carbocycles.